The van der Waals surface area contributed by atoms with Gasteiger partial charge in [0.25, 0.3) is 0 Å². The Labute approximate surface area is 607 Å². The van der Waals surface area contributed by atoms with Crippen LogP contribution < -0.4 is 0 Å². The number of carbonyl (C=O) groups excluding carboxylic acids is 4. The number of aliphatic hydroxyl groups excluding tert-OH is 1. The van der Waals surface area contributed by atoms with E-state index in [2.05, 4.69) is 41.5 Å². The van der Waals surface area contributed by atoms with Crippen LogP contribution in [0.4, 0.5) is 0 Å². The first-order chi connectivity index (χ1) is 47.9. The lowest BCUT2D eigenvalue weighted by molar-refractivity contribution is -0.161. The second-order valence-corrected chi connectivity index (χ2v) is 32.7. The summed E-state index contributed by atoms with van der Waals surface area (Å²) in [5.74, 6) is -0.598. The molecular formula is C80H156O17P2. The highest BCUT2D eigenvalue weighted by molar-refractivity contribution is 7.47. The smallest absolute Gasteiger partial charge is 0.462 e. The Kier molecular flexibility index (Phi) is 70.3. The van der Waals surface area contributed by atoms with Crippen LogP contribution in [-0.2, 0) is 65.4 Å². The Hall–Kier alpha value is -1.94. The van der Waals surface area contributed by atoms with Crippen LogP contribution >= 0.6 is 15.6 Å². The summed E-state index contributed by atoms with van der Waals surface area (Å²) in [6, 6.07) is 0. The number of phosphoric acid groups is 2. The van der Waals surface area contributed by atoms with E-state index in [-0.39, 0.29) is 25.7 Å². The highest BCUT2D eigenvalue weighted by Gasteiger charge is 2.30. The van der Waals surface area contributed by atoms with Gasteiger partial charge in [0.15, 0.2) is 12.2 Å². The molecule has 0 radical (unpaired) electrons. The molecule has 3 N–H and O–H groups in total. The normalized spacial score (nSPS) is 13.9. The zero-order valence-corrected chi connectivity index (χ0v) is 66.6. The molecule has 0 rings (SSSR count). The topological polar surface area (TPSA) is 237 Å². The van der Waals surface area contributed by atoms with E-state index in [4.69, 9.17) is 37.0 Å². The van der Waals surface area contributed by atoms with Gasteiger partial charge in [0.1, 0.15) is 19.3 Å². The van der Waals surface area contributed by atoms with Gasteiger partial charge in [0, 0.05) is 25.7 Å². The fraction of sp³-hybridized carbons (Fsp3) is 0.950. The molecule has 0 aromatic carbocycles. The average molecular weight is 1450 g/mol. The summed E-state index contributed by atoms with van der Waals surface area (Å²) in [6.07, 6.45) is 60.9. The summed E-state index contributed by atoms with van der Waals surface area (Å²) in [5, 5.41) is 10.6. The van der Waals surface area contributed by atoms with Gasteiger partial charge in [-0.3, -0.25) is 37.3 Å². The van der Waals surface area contributed by atoms with E-state index in [9.17, 15) is 43.2 Å². The van der Waals surface area contributed by atoms with Crippen LogP contribution in [0.25, 0.3) is 0 Å². The van der Waals surface area contributed by atoms with Crippen LogP contribution in [0, 0.1) is 11.8 Å². The molecule has 0 aliphatic carbocycles. The molecule has 0 aromatic rings. The Balaban J connectivity index is 5.26. The lowest BCUT2D eigenvalue weighted by Crippen LogP contribution is -2.30. The molecule has 0 aliphatic rings. The maximum atomic E-state index is 13.1. The molecule has 0 bridgehead atoms. The molecule has 19 heteroatoms. The number of rotatable bonds is 79. The lowest BCUT2D eigenvalue weighted by atomic mass is 10.0. The number of unbranched alkanes of at least 4 members (excludes halogenated alkanes) is 49. The second-order valence-electron chi connectivity index (χ2n) is 29.8. The predicted molar refractivity (Wildman–Crippen MR) is 405 cm³/mol. The SMILES string of the molecule is CCCCCCCCCCCCCCCCCCCC(=O)O[C@H](COC(=O)CCCCCCCCCCCCCCCCCC)COP(=O)(O)OC[C@@H](O)COP(=O)(O)OC[C@@H](COC(=O)CCCCCCCCCCCCC(C)C)OC(=O)CCCCCCCCCCCCC(C)C. The third-order valence-corrected chi connectivity index (χ3v) is 20.6. The molecule has 99 heavy (non-hydrogen) atoms. The van der Waals surface area contributed by atoms with E-state index in [0.29, 0.717) is 25.7 Å². The van der Waals surface area contributed by atoms with Gasteiger partial charge in [-0.25, -0.2) is 9.13 Å². The van der Waals surface area contributed by atoms with Gasteiger partial charge >= 0.3 is 39.5 Å². The van der Waals surface area contributed by atoms with Crippen molar-refractivity contribution in [2.75, 3.05) is 39.6 Å². The monoisotopic (exact) mass is 1450 g/mol. The summed E-state index contributed by atoms with van der Waals surface area (Å²) >= 11 is 0. The van der Waals surface area contributed by atoms with Crippen molar-refractivity contribution in [3.05, 3.63) is 0 Å². The highest BCUT2D eigenvalue weighted by atomic mass is 31.2. The third kappa shape index (κ3) is 74.1. The molecule has 0 fully saturated rings. The van der Waals surface area contributed by atoms with Crippen molar-refractivity contribution in [3.63, 3.8) is 0 Å². The summed E-state index contributed by atoms with van der Waals surface area (Å²) in [7, 11) is -9.92. The largest absolute Gasteiger partial charge is 0.472 e. The van der Waals surface area contributed by atoms with Crippen molar-refractivity contribution in [3.8, 4) is 0 Å². The lowest BCUT2D eigenvalue weighted by Gasteiger charge is -2.21. The van der Waals surface area contributed by atoms with Gasteiger partial charge in [-0.15, -0.1) is 0 Å². The fourth-order valence-electron chi connectivity index (χ4n) is 12.4. The number of carbonyl (C=O) groups is 4. The Morgan fingerprint density at radius 2 is 0.465 bits per heavy atom. The molecule has 0 aromatic heterocycles. The van der Waals surface area contributed by atoms with Gasteiger partial charge in [0.2, 0.25) is 0 Å². The Morgan fingerprint density at radius 3 is 0.687 bits per heavy atom. The minimum absolute atomic E-state index is 0.106. The quantitative estimate of drug-likeness (QED) is 0.0222. The van der Waals surface area contributed by atoms with Gasteiger partial charge in [-0.1, -0.05) is 369 Å². The number of hydrogen-bond donors (Lipinski definition) is 3. The first kappa shape index (κ1) is 97.1. The van der Waals surface area contributed by atoms with Crippen LogP contribution in [0.1, 0.15) is 420 Å². The van der Waals surface area contributed by atoms with Crippen LogP contribution in [0.2, 0.25) is 0 Å². The number of ether oxygens (including phenoxy) is 4. The van der Waals surface area contributed by atoms with E-state index in [1.807, 2.05) is 0 Å². The number of aliphatic hydroxyl groups is 1. The minimum atomic E-state index is -4.96. The molecule has 0 aliphatic heterocycles. The average Bonchev–Trinajstić information content (AvgIpc) is 0.995. The van der Waals surface area contributed by atoms with Gasteiger partial charge in [-0.2, -0.15) is 0 Å². The molecule has 0 amide bonds. The maximum absolute atomic E-state index is 13.1. The Morgan fingerprint density at radius 1 is 0.273 bits per heavy atom. The van der Waals surface area contributed by atoms with Crippen LogP contribution in [0.5, 0.6) is 0 Å². The summed E-state index contributed by atoms with van der Waals surface area (Å²) in [5.41, 5.74) is 0. The third-order valence-electron chi connectivity index (χ3n) is 18.7. The standard InChI is InChI=1S/C80H156O17P2/c1-7-9-11-13-15-17-19-21-23-25-27-29-31-40-46-52-58-64-79(84)96-75(68-90-77(82)62-56-50-44-38-30-28-26-24-22-20-18-16-14-12-10-8-2)70-94-98(86,87)92-66-74(81)67-93-99(88,89)95-71-76(97-80(85)65-59-53-47-41-35-33-37-43-49-55-61-73(5)6)69-91-78(83)63-57-51-45-39-34-32-36-42-48-54-60-72(3)4/h72-76,81H,7-71H2,1-6H3,(H,86,87)(H,88,89)/t74-,75-,76-/m1/s1. The fourth-order valence-corrected chi connectivity index (χ4v) is 13.9. The molecule has 17 nitrogen and oxygen atoms in total. The van der Waals surface area contributed by atoms with Crippen molar-refractivity contribution >= 4 is 39.5 Å². The zero-order valence-electron chi connectivity index (χ0n) is 64.8. The zero-order chi connectivity index (χ0) is 72.8. The van der Waals surface area contributed by atoms with Gasteiger partial charge in [0.05, 0.1) is 26.4 Å². The number of hydrogen-bond acceptors (Lipinski definition) is 15. The molecule has 5 atom stereocenters. The summed E-state index contributed by atoms with van der Waals surface area (Å²) < 4.78 is 68.7. The first-order valence-corrected chi connectivity index (χ1v) is 44.5. The molecule has 0 spiro atoms. The van der Waals surface area contributed by atoms with Crippen LogP contribution in [-0.4, -0.2) is 96.7 Å². The van der Waals surface area contributed by atoms with Crippen LogP contribution in [0.3, 0.4) is 0 Å². The van der Waals surface area contributed by atoms with E-state index in [0.717, 1.165) is 102 Å². The van der Waals surface area contributed by atoms with E-state index in [1.165, 1.54) is 238 Å². The molecule has 0 heterocycles. The van der Waals surface area contributed by atoms with Crippen molar-refractivity contribution < 1.29 is 80.2 Å². The molecule has 588 valence electrons. The molecule has 0 saturated carbocycles. The molecule has 0 saturated heterocycles. The number of esters is 4. The van der Waals surface area contributed by atoms with Gasteiger partial charge in [-0.05, 0) is 37.5 Å². The Bertz CT molecular complexity index is 1910. The van der Waals surface area contributed by atoms with Crippen molar-refractivity contribution in [2.24, 2.45) is 11.8 Å². The van der Waals surface area contributed by atoms with Crippen molar-refractivity contribution in [2.45, 2.75) is 439 Å². The molecule has 2 unspecified atom stereocenters. The molecular weight excluding hydrogens is 1290 g/mol. The number of phosphoric ester groups is 2. The van der Waals surface area contributed by atoms with Crippen LogP contribution in [0.15, 0.2) is 0 Å². The highest BCUT2D eigenvalue weighted by Crippen LogP contribution is 2.45. The first-order valence-electron chi connectivity index (χ1n) is 41.5. The van der Waals surface area contributed by atoms with E-state index < -0.39 is 97.5 Å². The van der Waals surface area contributed by atoms with E-state index in [1.54, 1.807) is 0 Å². The van der Waals surface area contributed by atoms with Gasteiger partial charge < -0.3 is 33.8 Å². The van der Waals surface area contributed by atoms with Crippen molar-refractivity contribution in [1.82, 2.24) is 0 Å². The maximum Gasteiger partial charge on any atom is 0.472 e. The van der Waals surface area contributed by atoms with E-state index >= 15 is 0 Å². The predicted octanol–water partition coefficient (Wildman–Crippen LogP) is 23.9. The summed E-state index contributed by atoms with van der Waals surface area (Å²) in [4.78, 5) is 73.0. The summed E-state index contributed by atoms with van der Waals surface area (Å²) in [6.45, 7) is 9.62. The van der Waals surface area contributed by atoms with Crippen molar-refractivity contribution in [1.29, 1.82) is 0 Å². The minimum Gasteiger partial charge on any atom is -0.462 e. The second kappa shape index (κ2) is 71.7.